The second-order valence-corrected chi connectivity index (χ2v) is 13.2. The lowest BCUT2D eigenvalue weighted by Gasteiger charge is -2.33. The molecule has 0 saturated carbocycles. The van der Waals surface area contributed by atoms with Crippen LogP contribution in [-0.4, -0.2) is 51.4 Å². The van der Waals surface area contributed by atoms with Gasteiger partial charge in [-0.25, -0.2) is 8.42 Å². The van der Waals surface area contributed by atoms with E-state index in [1.807, 2.05) is 13.8 Å². The molecule has 0 aliphatic rings. The fourth-order valence-electron chi connectivity index (χ4n) is 4.52. The average Bonchev–Trinajstić information content (AvgIpc) is 2.98. The van der Waals surface area contributed by atoms with E-state index >= 15 is 0 Å². The Morgan fingerprint density at radius 2 is 1.62 bits per heavy atom. The first kappa shape index (κ1) is 35.7. The number of hydrogen-bond donors (Lipinski definition) is 1. The van der Waals surface area contributed by atoms with Crippen LogP contribution in [0, 0.1) is 12.8 Å². The second-order valence-electron chi connectivity index (χ2n) is 10.9. The van der Waals surface area contributed by atoms with Crippen molar-refractivity contribution in [3.05, 3.63) is 88.4 Å². The Kier molecular flexibility index (Phi) is 11.9. The molecule has 1 atom stereocenters. The van der Waals surface area contributed by atoms with Gasteiger partial charge in [-0.3, -0.25) is 13.9 Å². The van der Waals surface area contributed by atoms with Gasteiger partial charge in [-0.2, -0.15) is 13.2 Å². The van der Waals surface area contributed by atoms with E-state index in [1.54, 1.807) is 38.1 Å². The number of sulfonamides is 1. The van der Waals surface area contributed by atoms with Crippen LogP contribution in [-0.2, 0) is 32.3 Å². The van der Waals surface area contributed by atoms with E-state index in [0.717, 1.165) is 17.7 Å². The molecule has 0 fully saturated rings. The molecule has 13 heteroatoms. The minimum Gasteiger partial charge on any atom is -0.497 e. The summed E-state index contributed by atoms with van der Waals surface area (Å²) >= 11 is 5.83. The molecule has 3 aromatic carbocycles. The molecule has 3 aromatic rings. The zero-order valence-electron chi connectivity index (χ0n) is 25.7. The average molecular weight is 668 g/mol. The maximum Gasteiger partial charge on any atom is 0.417 e. The van der Waals surface area contributed by atoms with Crippen molar-refractivity contribution < 1.29 is 35.9 Å². The zero-order chi connectivity index (χ0) is 33.5. The number of nitrogens with zero attached hydrogens (tertiary/aromatic N) is 2. The van der Waals surface area contributed by atoms with E-state index in [4.69, 9.17) is 16.3 Å². The van der Waals surface area contributed by atoms with Crippen molar-refractivity contribution in [2.75, 3.05) is 24.5 Å². The first-order valence-corrected chi connectivity index (χ1v) is 16.1. The summed E-state index contributed by atoms with van der Waals surface area (Å²) in [5, 5.41) is 2.20. The van der Waals surface area contributed by atoms with Crippen LogP contribution in [0.2, 0.25) is 5.02 Å². The SMILES string of the molecule is CC[C@@H](C(=O)NCC(C)C)N(Cc1ccc(OC)cc1)C(=O)CN(c1ccc(Cl)c(C(F)(F)F)c1)S(=O)(=O)c1ccc(C)cc1. The van der Waals surface area contributed by atoms with Gasteiger partial charge in [-0.05, 0) is 67.3 Å². The molecule has 0 unspecified atom stereocenters. The zero-order valence-corrected chi connectivity index (χ0v) is 27.3. The number of aryl methyl sites for hydroxylation is 1. The molecule has 0 aromatic heterocycles. The molecule has 45 heavy (non-hydrogen) atoms. The number of nitrogens with one attached hydrogen (secondary N) is 1. The van der Waals surface area contributed by atoms with Crippen LogP contribution in [0.15, 0.2) is 71.6 Å². The molecular weight excluding hydrogens is 631 g/mol. The van der Waals surface area contributed by atoms with Crippen molar-refractivity contribution in [2.45, 2.75) is 57.8 Å². The maximum absolute atomic E-state index is 14.1. The molecule has 0 bridgehead atoms. The molecule has 0 aliphatic heterocycles. The number of halogens is 4. The van der Waals surface area contributed by atoms with Gasteiger partial charge in [0, 0.05) is 13.1 Å². The smallest absolute Gasteiger partial charge is 0.417 e. The molecule has 0 aliphatic carbocycles. The van der Waals surface area contributed by atoms with Gasteiger partial charge in [-0.1, -0.05) is 62.2 Å². The van der Waals surface area contributed by atoms with Gasteiger partial charge in [0.05, 0.1) is 28.3 Å². The number of ether oxygens (including phenoxy) is 1. The fourth-order valence-corrected chi connectivity index (χ4v) is 6.15. The van der Waals surface area contributed by atoms with Crippen molar-refractivity contribution in [2.24, 2.45) is 5.92 Å². The molecule has 8 nitrogen and oxygen atoms in total. The van der Waals surface area contributed by atoms with Crippen LogP contribution in [0.1, 0.15) is 43.9 Å². The van der Waals surface area contributed by atoms with E-state index in [2.05, 4.69) is 5.32 Å². The monoisotopic (exact) mass is 667 g/mol. The number of carbonyl (C=O) groups is 2. The summed E-state index contributed by atoms with van der Waals surface area (Å²) in [4.78, 5) is 28.5. The van der Waals surface area contributed by atoms with Crippen molar-refractivity contribution in [3.8, 4) is 5.75 Å². The molecule has 2 amide bonds. The molecule has 0 radical (unpaired) electrons. The number of methoxy groups -OCH3 is 1. The van der Waals surface area contributed by atoms with Gasteiger partial charge in [0.1, 0.15) is 18.3 Å². The molecule has 1 N–H and O–H groups in total. The van der Waals surface area contributed by atoms with Gasteiger partial charge in [0.2, 0.25) is 11.8 Å². The predicted molar refractivity (Wildman–Crippen MR) is 168 cm³/mol. The van der Waals surface area contributed by atoms with Gasteiger partial charge >= 0.3 is 6.18 Å². The number of hydrogen-bond acceptors (Lipinski definition) is 5. The molecule has 0 saturated heterocycles. The standard InChI is InChI=1S/C32H37ClF3N3O5S/c1-6-29(31(41)37-18-21(2)3)38(19-23-9-12-25(44-5)13-10-23)30(40)20-39(45(42,43)26-14-7-22(4)8-15-26)24-11-16-28(33)27(17-24)32(34,35)36/h7-17,21,29H,6,18-20H2,1-5H3,(H,37,41)/t29-/m0/s1. The topological polar surface area (TPSA) is 96.0 Å². The number of alkyl halides is 3. The highest BCUT2D eigenvalue weighted by Gasteiger charge is 2.37. The Morgan fingerprint density at radius 1 is 1.00 bits per heavy atom. The highest BCUT2D eigenvalue weighted by molar-refractivity contribution is 7.92. The maximum atomic E-state index is 14.1. The summed E-state index contributed by atoms with van der Waals surface area (Å²) in [7, 11) is -3.07. The third kappa shape index (κ3) is 9.13. The van der Waals surface area contributed by atoms with Crippen LogP contribution in [0.25, 0.3) is 0 Å². The van der Waals surface area contributed by atoms with Gasteiger partial charge in [-0.15, -0.1) is 0 Å². The van der Waals surface area contributed by atoms with Crippen molar-refractivity contribution >= 4 is 39.1 Å². The lowest BCUT2D eigenvalue weighted by molar-refractivity contribution is -0.140. The number of anilines is 1. The first-order chi connectivity index (χ1) is 21.1. The third-order valence-corrected chi connectivity index (χ3v) is 9.13. The van der Waals surface area contributed by atoms with Crippen LogP contribution in [0.3, 0.4) is 0 Å². The van der Waals surface area contributed by atoms with Crippen LogP contribution >= 0.6 is 11.6 Å². The Morgan fingerprint density at radius 3 is 2.16 bits per heavy atom. The molecule has 244 valence electrons. The van der Waals surface area contributed by atoms with E-state index < -0.39 is 56.9 Å². The van der Waals surface area contributed by atoms with Gasteiger partial charge < -0.3 is 15.0 Å². The minimum atomic E-state index is -4.89. The summed E-state index contributed by atoms with van der Waals surface area (Å²) in [6, 6.07) is 14.1. The minimum absolute atomic E-state index is 0.0801. The van der Waals surface area contributed by atoms with Gasteiger partial charge in [0.25, 0.3) is 10.0 Å². The summed E-state index contributed by atoms with van der Waals surface area (Å²) in [5.74, 6) is -0.541. The van der Waals surface area contributed by atoms with E-state index in [0.29, 0.717) is 28.2 Å². The highest BCUT2D eigenvalue weighted by atomic mass is 35.5. The predicted octanol–water partition coefficient (Wildman–Crippen LogP) is 6.45. The lowest BCUT2D eigenvalue weighted by Crippen LogP contribution is -2.52. The Hall–Kier alpha value is -3.77. The fraction of sp³-hybridized carbons (Fsp3) is 0.375. The molecule has 0 heterocycles. The van der Waals surface area contributed by atoms with Crippen molar-refractivity contribution in [1.29, 1.82) is 0 Å². The van der Waals surface area contributed by atoms with Crippen molar-refractivity contribution in [1.82, 2.24) is 10.2 Å². The number of benzene rings is 3. The lowest BCUT2D eigenvalue weighted by atomic mass is 10.1. The Balaban J connectivity index is 2.13. The number of carbonyl (C=O) groups excluding carboxylic acids is 2. The quantitative estimate of drug-likeness (QED) is 0.226. The highest BCUT2D eigenvalue weighted by Crippen LogP contribution is 2.38. The summed E-state index contributed by atoms with van der Waals surface area (Å²) in [5.41, 5.74) is -0.292. The molecular formula is C32H37ClF3N3O5S. The van der Waals surface area contributed by atoms with E-state index in [9.17, 15) is 31.2 Å². The van der Waals surface area contributed by atoms with Crippen LogP contribution in [0.5, 0.6) is 5.75 Å². The summed E-state index contributed by atoms with van der Waals surface area (Å²) in [6.45, 7) is 6.66. The Bertz CT molecular complexity index is 1580. The van der Waals surface area contributed by atoms with Crippen molar-refractivity contribution in [3.63, 3.8) is 0 Å². The number of rotatable bonds is 13. The Labute approximate surface area is 267 Å². The van der Waals surface area contributed by atoms with Crippen LogP contribution in [0.4, 0.5) is 18.9 Å². The number of amides is 2. The third-order valence-electron chi connectivity index (χ3n) is 7.01. The van der Waals surface area contributed by atoms with Crippen LogP contribution < -0.4 is 14.4 Å². The largest absolute Gasteiger partial charge is 0.497 e. The normalized spacial score (nSPS) is 12.5. The molecule has 0 spiro atoms. The van der Waals surface area contributed by atoms with E-state index in [1.165, 1.54) is 36.3 Å². The summed E-state index contributed by atoms with van der Waals surface area (Å²) in [6.07, 6.45) is -4.70. The van der Waals surface area contributed by atoms with E-state index in [-0.39, 0.29) is 23.8 Å². The second kappa shape index (κ2) is 15.0. The van der Waals surface area contributed by atoms with Gasteiger partial charge in [0.15, 0.2) is 0 Å². The first-order valence-electron chi connectivity index (χ1n) is 14.2. The molecule has 3 rings (SSSR count). The summed E-state index contributed by atoms with van der Waals surface area (Å²) < 4.78 is 75.3.